The van der Waals surface area contributed by atoms with Gasteiger partial charge in [0.05, 0.1) is 10.9 Å². The number of aromatic nitrogens is 5. The Morgan fingerprint density at radius 1 is 1.00 bits per heavy atom. The minimum Gasteiger partial charge on any atom is -0.383 e. The highest BCUT2D eigenvalue weighted by molar-refractivity contribution is 5.88. The highest BCUT2D eigenvalue weighted by Crippen LogP contribution is 2.20. The molecule has 4 rings (SSSR count). The van der Waals surface area contributed by atoms with Crippen molar-refractivity contribution in [2.45, 2.75) is 0 Å². The maximum atomic E-state index is 5.85. The smallest absolute Gasteiger partial charge is 0.253 e. The Labute approximate surface area is 113 Å². The molecule has 0 amide bonds. The van der Waals surface area contributed by atoms with E-state index >= 15 is 0 Å². The second kappa shape index (κ2) is 3.99. The summed E-state index contributed by atoms with van der Waals surface area (Å²) in [6.07, 6.45) is 3.33. The fraction of sp³-hybridized carbons (Fsp3) is 0. The summed E-state index contributed by atoms with van der Waals surface area (Å²) in [6, 6.07) is 11.6. The first kappa shape index (κ1) is 10.9. The molecule has 4 aromatic rings. The van der Waals surface area contributed by atoms with Crippen LogP contribution in [0.1, 0.15) is 0 Å². The summed E-state index contributed by atoms with van der Waals surface area (Å²) in [5.41, 5.74) is 7.65. The molecule has 0 saturated carbocycles. The van der Waals surface area contributed by atoms with E-state index in [9.17, 15) is 0 Å². The number of hydrogen-bond donors (Lipinski definition) is 1. The van der Waals surface area contributed by atoms with Gasteiger partial charge in [0.15, 0.2) is 5.82 Å². The second-order valence-corrected chi connectivity index (χ2v) is 4.40. The van der Waals surface area contributed by atoms with Crippen LogP contribution in [-0.2, 0) is 0 Å². The average molecular weight is 262 g/mol. The van der Waals surface area contributed by atoms with Crippen LogP contribution in [-0.4, -0.2) is 24.6 Å². The van der Waals surface area contributed by atoms with Gasteiger partial charge in [-0.1, -0.05) is 30.3 Å². The third-order valence-corrected chi connectivity index (χ3v) is 3.16. The first-order valence-corrected chi connectivity index (χ1v) is 6.14. The molecular formula is C14H10N6. The van der Waals surface area contributed by atoms with Gasteiger partial charge >= 0.3 is 0 Å². The van der Waals surface area contributed by atoms with Crippen LogP contribution in [0.5, 0.6) is 0 Å². The molecule has 2 N–H and O–H groups in total. The van der Waals surface area contributed by atoms with Crippen molar-refractivity contribution in [3.8, 4) is 11.4 Å². The van der Waals surface area contributed by atoms with Crippen LogP contribution in [0, 0.1) is 0 Å². The van der Waals surface area contributed by atoms with Crippen molar-refractivity contribution < 1.29 is 0 Å². The molecule has 20 heavy (non-hydrogen) atoms. The summed E-state index contributed by atoms with van der Waals surface area (Å²) in [5.74, 6) is 1.62. The van der Waals surface area contributed by atoms with Gasteiger partial charge in [0.1, 0.15) is 5.82 Å². The van der Waals surface area contributed by atoms with E-state index < -0.39 is 0 Å². The number of pyridine rings is 1. The number of nitrogens with zero attached hydrogens (tertiary/aromatic N) is 5. The Kier molecular flexibility index (Phi) is 2.17. The Bertz CT molecular complexity index is 913. The first-order valence-electron chi connectivity index (χ1n) is 6.14. The molecule has 0 aliphatic heterocycles. The number of hydrogen-bond acceptors (Lipinski definition) is 5. The minimum absolute atomic E-state index is 0.439. The number of benzene rings is 1. The van der Waals surface area contributed by atoms with Gasteiger partial charge in [-0.3, -0.25) is 0 Å². The monoisotopic (exact) mass is 262 g/mol. The Hall–Kier alpha value is -3.02. The SMILES string of the molecule is Nc1nccc2c1cnc1nc(-c3ccccc3)nn12. The molecule has 0 unspecified atom stereocenters. The van der Waals surface area contributed by atoms with Crippen molar-refractivity contribution in [3.63, 3.8) is 0 Å². The lowest BCUT2D eigenvalue weighted by Gasteiger charge is -2.00. The Balaban J connectivity index is 2.05. The molecule has 0 atom stereocenters. The molecule has 96 valence electrons. The van der Waals surface area contributed by atoms with Gasteiger partial charge in [0.2, 0.25) is 0 Å². The molecule has 0 saturated heterocycles. The van der Waals surface area contributed by atoms with E-state index in [0.717, 1.165) is 16.5 Å². The maximum Gasteiger partial charge on any atom is 0.253 e. The molecule has 0 spiro atoms. The summed E-state index contributed by atoms with van der Waals surface area (Å²) in [6.45, 7) is 0. The van der Waals surface area contributed by atoms with Crippen molar-refractivity contribution in [2.75, 3.05) is 5.73 Å². The Morgan fingerprint density at radius 2 is 1.85 bits per heavy atom. The van der Waals surface area contributed by atoms with Gasteiger partial charge < -0.3 is 5.73 Å². The Morgan fingerprint density at radius 3 is 2.70 bits per heavy atom. The number of nitrogen functional groups attached to an aromatic ring is 1. The van der Waals surface area contributed by atoms with E-state index in [1.165, 1.54) is 0 Å². The van der Waals surface area contributed by atoms with Crippen LogP contribution in [0.25, 0.3) is 28.1 Å². The van der Waals surface area contributed by atoms with Crippen LogP contribution >= 0.6 is 0 Å². The molecule has 3 aromatic heterocycles. The third kappa shape index (κ3) is 1.51. The zero-order valence-electron chi connectivity index (χ0n) is 10.4. The summed E-state index contributed by atoms with van der Waals surface area (Å²) < 4.78 is 1.69. The minimum atomic E-state index is 0.439. The zero-order valence-corrected chi connectivity index (χ0v) is 10.4. The normalized spacial score (nSPS) is 11.2. The van der Waals surface area contributed by atoms with E-state index in [2.05, 4.69) is 20.1 Å². The lowest BCUT2D eigenvalue weighted by Crippen LogP contribution is -1.97. The van der Waals surface area contributed by atoms with Gasteiger partial charge in [-0.15, -0.1) is 5.10 Å². The van der Waals surface area contributed by atoms with Gasteiger partial charge in [-0.05, 0) is 6.07 Å². The van der Waals surface area contributed by atoms with Crippen molar-refractivity contribution in [1.29, 1.82) is 0 Å². The van der Waals surface area contributed by atoms with Crippen molar-refractivity contribution in [2.24, 2.45) is 0 Å². The number of fused-ring (bicyclic) bond motifs is 3. The quantitative estimate of drug-likeness (QED) is 0.566. The van der Waals surface area contributed by atoms with Crippen molar-refractivity contribution >= 4 is 22.5 Å². The molecule has 0 fully saturated rings. The van der Waals surface area contributed by atoms with E-state index in [0.29, 0.717) is 17.4 Å². The molecule has 6 heteroatoms. The molecule has 0 bridgehead atoms. The highest BCUT2D eigenvalue weighted by Gasteiger charge is 2.10. The second-order valence-electron chi connectivity index (χ2n) is 4.40. The molecule has 1 aromatic carbocycles. The molecule has 6 nitrogen and oxygen atoms in total. The third-order valence-electron chi connectivity index (χ3n) is 3.16. The molecule has 0 aliphatic carbocycles. The number of nitrogens with two attached hydrogens (primary N) is 1. The summed E-state index contributed by atoms with van der Waals surface area (Å²) >= 11 is 0. The summed E-state index contributed by atoms with van der Waals surface area (Å²) in [5, 5.41) is 5.28. The van der Waals surface area contributed by atoms with E-state index in [4.69, 9.17) is 5.73 Å². The van der Waals surface area contributed by atoms with Gasteiger partial charge in [-0.2, -0.15) is 9.50 Å². The van der Waals surface area contributed by atoms with Gasteiger partial charge in [0.25, 0.3) is 5.78 Å². The fourth-order valence-corrected chi connectivity index (χ4v) is 2.18. The predicted octanol–water partition coefficient (Wildman–Crippen LogP) is 1.92. The lowest BCUT2D eigenvalue weighted by atomic mass is 10.2. The van der Waals surface area contributed by atoms with Crippen LogP contribution in [0.4, 0.5) is 5.82 Å². The van der Waals surface area contributed by atoms with Crippen LogP contribution < -0.4 is 5.73 Å². The number of anilines is 1. The van der Waals surface area contributed by atoms with Crippen LogP contribution in [0.3, 0.4) is 0 Å². The maximum absolute atomic E-state index is 5.85. The fourth-order valence-electron chi connectivity index (χ4n) is 2.18. The topological polar surface area (TPSA) is 82.0 Å². The van der Waals surface area contributed by atoms with Gasteiger partial charge in [-0.25, -0.2) is 9.97 Å². The predicted molar refractivity (Wildman–Crippen MR) is 75.9 cm³/mol. The van der Waals surface area contributed by atoms with Crippen molar-refractivity contribution in [1.82, 2.24) is 24.6 Å². The first-order chi connectivity index (χ1) is 9.83. The molecule has 3 heterocycles. The van der Waals surface area contributed by atoms with Crippen LogP contribution in [0.2, 0.25) is 0 Å². The highest BCUT2D eigenvalue weighted by atomic mass is 15.3. The zero-order chi connectivity index (χ0) is 13.5. The van der Waals surface area contributed by atoms with Crippen LogP contribution in [0.15, 0.2) is 48.8 Å². The van der Waals surface area contributed by atoms with Gasteiger partial charge in [0, 0.05) is 18.0 Å². The molecule has 0 radical (unpaired) electrons. The largest absolute Gasteiger partial charge is 0.383 e. The molecular weight excluding hydrogens is 252 g/mol. The van der Waals surface area contributed by atoms with E-state index in [1.807, 2.05) is 36.4 Å². The van der Waals surface area contributed by atoms with Crippen molar-refractivity contribution in [3.05, 3.63) is 48.8 Å². The van der Waals surface area contributed by atoms with E-state index in [-0.39, 0.29) is 0 Å². The lowest BCUT2D eigenvalue weighted by molar-refractivity contribution is 0.986. The summed E-state index contributed by atoms with van der Waals surface area (Å²) in [4.78, 5) is 12.8. The van der Waals surface area contributed by atoms with E-state index in [1.54, 1.807) is 16.9 Å². The number of rotatable bonds is 1. The average Bonchev–Trinajstić information content (AvgIpc) is 2.93. The molecule has 0 aliphatic rings. The standard InChI is InChI=1S/C14H10N6/c15-12-10-8-17-14-18-13(9-4-2-1-3-5-9)19-20(14)11(10)6-7-16-12/h1-8H,(H2,15,16). The summed E-state index contributed by atoms with van der Waals surface area (Å²) in [7, 11) is 0.